The van der Waals surface area contributed by atoms with E-state index in [1.165, 1.54) is 9.35 Å². The Morgan fingerprint density at radius 1 is 1.50 bits per heavy atom. The third-order valence-corrected chi connectivity index (χ3v) is 4.43. The molecule has 0 spiro atoms. The molecule has 0 fully saturated rings. The lowest BCUT2D eigenvalue weighted by Gasteiger charge is -2.20. The summed E-state index contributed by atoms with van der Waals surface area (Å²) in [6.45, 7) is 6.44. The summed E-state index contributed by atoms with van der Waals surface area (Å²) >= 11 is 5.27. The molecule has 1 atom stereocenters. The molecule has 0 aromatic carbocycles. The van der Waals surface area contributed by atoms with Crippen LogP contribution in [0.4, 0.5) is 0 Å². The number of nitrogens with zero attached hydrogens (tertiary/aromatic N) is 1. The smallest absolute Gasteiger partial charge is 0.0325 e. The Balaban J connectivity index is 2.28. The minimum absolute atomic E-state index is 0.317. The number of rotatable bonds is 6. The molecule has 2 N–H and O–H groups in total. The molecule has 1 aromatic rings. The predicted octanol–water partition coefficient (Wildman–Crippen LogP) is 3.32. The molecule has 1 aromatic heterocycles. The average Bonchev–Trinajstić information content (AvgIpc) is 2.60. The Labute approximate surface area is 111 Å². The second-order valence-corrected chi connectivity index (χ2v) is 6.58. The quantitative estimate of drug-likeness (QED) is 0.873. The van der Waals surface area contributed by atoms with Crippen LogP contribution in [0.2, 0.25) is 0 Å². The van der Waals surface area contributed by atoms with Crippen molar-refractivity contribution >= 4 is 27.3 Å². The van der Waals surface area contributed by atoms with Crippen LogP contribution in [0.15, 0.2) is 15.9 Å². The van der Waals surface area contributed by atoms with Gasteiger partial charge in [0.05, 0.1) is 0 Å². The summed E-state index contributed by atoms with van der Waals surface area (Å²) in [5, 5.41) is 2.13. The highest BCUT2D eigenvalue weighted by Gasteiger charge is 2.09. The van der Waals surface area contributed by atoms with Gasteiger partial charge >= 0.3 is 0 Å². The van der Waals surface area contributed by atoms with Crippen molar-refractivity contribution in [3.05, 3.63) is 20.8 Å². The molecular weight excluding hydrogens is 284 g/mol. The molecule has 2 nitrogen and oxygen atoms in total. The first kappa shape index (κ1) is 14.2. The van der Waals surface area contributed by atoms with Crippen molar-refractivity contribution in [1.29, 1.82) is 0 Å². The first-order chi connectivity index (χ1) is 7.49. The summed E-state index contributed by atoms with van der Waals surface area (Å²) < 4.78 is 1.18. The number of halogens is 1. The van der Waals surface area contributed by atoms with E-state index in [4.69, 9.17) is 5.73 Å². The largest absolute Gasteiger partial charge is 0.327 e. The van der Waals surface area contributed by atoms with E-state index in [9.17, 15) is 0 Å². The van der Waals surface area contributed by atoms with Crippen LogP contribution < -0.4 is 5.73 Å². The van der Waals surface area contributed by atoms with Crippen LogP contribution in [0, 0.1) is 5.92 Å². The number of thiophene rings is 1. The first-order valence-corrected chi connectivity index (χ1v) is 7.33. The van der Waals surface area contributed by atoms with Crippen molar-refractivity contribution < 1.29 is 0 Å². The second kappa shape index (κ2) is 6.74. The third-order valence-electron chi connectivity index (χ3n) is 2.75. The first-order valence-electron chi connectivity index (χ1n) is 5.66. The Morgan fingerprint density at radius 3 is 2.69 bits per heavy atom. The molecule has 0 aliphatic rings. The van der Waals surface area contributed by atoms with E-state index in [1.54, 1.807) is 11.3 Å². The van der Waals surface area contributed by atoms with Gasteiger partial charge in [0.1, 0.15) is 0 Å². The predicted molar refractivity (Wildman–Crippen MR) is 75.8 cm³/mol. The molecule has 0 radical (unpaired) electrons. The van der Waals surface area contributed by atoms with Gasteiger partial charge in [-0.05, 0) is 47.9 Å². The standard InChI is InChI=1S/C12H21BrN2S/c1-9(2)12(14)4-5-15(3)7-11-6-10(13)8-16-11/h6,8-9,12H,4-5,7,14H2,1-3H3. The van der Waals surface area contributed by atoms with Crippen molar-refractivity contribution in [2.45, 2.75) is 32.9 Å². The fraction of sp³-hybridized carbons (Fsp3) is 0.667. The van der Waals surface area contributed by atoms with E-state index in [-0.39, 0.29) is 0 Å². The van der Waals surface area contributed by atoms with Gasteiger partial charge in [-0.25, -0.2) is 0 Å². The molecule has 0 bridgehead atoms. The number of hydrogen-bond donors (Lipinski definition) is 1. The third kappa shape index (κ3) is 4.95. The van der Waals surface area contributed by atoms with Gasteiger partial charge in [-0.3, -0.25) is 0 Å². The highest BCUT2D eigenvalue weighted by Crippen LogP contribution is 2.20. The fourth-order valence-electron chi connectivity index (χ4n) is 1.48. The molecule has 16 heavy (non-hydrogen) atoms. The highest BCUT2D eigenvalue weighted by molar-refractivity contribution is 9.10. The van der Waals surface area contributed by atoms with Crippen LogP contribution in [-0.4, -0.2) is 24.5 Å². The van der Waals surface area contributed by atoms with Crippen LogP contribution in [0.1, 0.15) is 25.1 Å². The SMILES string of the molecule is CC(C)C(N)CCN(C)Cc1cc(Br)cs1. The average molecular weight is 305 g/mol. The fourth-order valence-corrected chi connectivity index (χ4v) is 3.01. The monoisotopic (exact) mass is 304 g/mol. The summed E-state index contributed by atoms with van der Waals surface area (Å²) in [4.78, 5) is 3.73. The Morgan fingerprint density at radius 2 is 2.19 bits per heavy atom. The lowest BCUT2D eigenvalue weighted by atomic mass is 10.0. The number of hydrogen-bond acceptors (Lipinski definition) is 3. The van der Waals surface area contributed by atoms with E-state index >= 15 is 0 Å². The van der Waals surface area contributed by atoms with Crippen molar-refractivity contribution in [2.75, 3.05) is 13.6 Å². The normalized spacial score (nSPS) is 13.7. The molecule has 0 aliphatic carbocycles. The topological polar surface area (TPSA) is 29.3 Å². The summed E-state index contributed by atoms with van der Waals surface area (Å²) in [6.07, 6.45) is 1.07. The lowest BCUT2D eigenvalue weighted by Crippen LogP contribution is -2.31. The van der Waals surface area contributed by atoms with Gasteiger partial charge in [-0.1, -0.05) is 13.8 Å². The van der Waals surface area contributed by atoms with Gasteiger partial charge < -0.3 is 10.6 Å². The lowest BCUT2D eigenvalue weighted by molar-refractivity contribution is 0.298. The zero-order valence-corrected chi connectivity index (χ0v) is 12.6. The summed E-state index contributed by atoms with van der Waals surface area (Å²) in [7, 11) is 2.15. The van der Waals surface area contributed by atoms with Gasteiger partial charge in [0.2, 0.25) is 0 Å². The molecule has 0 aliphatic heterocycles. The van der Waals surface area contributed by atoms with Crippen molar-refractivity contribution in [2.24, 2.45) is 11.7 Å². The minimum Gasteiger partial charge on any atom is -0.327 e. The van der Waals surface area contributed by atoms with E-state index in [0.717, 1.165) is 19.5 Å². The molecular formula is C12H21BrN2S. The molecule has 0 amide bonds. The maximum atomic E-state index is 6.03. The van der Waals surface area contributed by atoms with Crippen molar-refractivity contribution in [1.82, 2.24) is 4.90 Å². The molecule has 0 saturated heterocycles. The number of nitrogens with two attached hydrogens (primary N) is 1. The zero-order valence-electron chi connectivity index (χ0n) is 10.2. The molecule has 1 unspecified atom stereocenters. The zero-order chi connectivity index (χ0) is 12.1. The summed E-state index contributed by atoms with van der Waals surface area (Å²) in [6, 6.07) is 2.50. The summed E-state index contributed by atoms with van der Waals surface area (Å²) in [5.41, 5.74) is 6.03. The maximum Gasteiger partial charge on any atom is 0.0325 e. The summed E-state index contributed by atoms with van der Waals surface area (Å²) in [5.74, 6) is 0.573. The van der Waals surface area contributed by atoms with Crippen LogP contribution in [0.3, 0.4) is 0 Å². The van der Waals surface area contributed by atoms with E-state index < -0.39 is 0 Å². The van der Waals surface area contributed by atoms with Gasteiger partial charge in [-0.15, -0.1) is 11.3 Å². The molecule has 1 heterocycles. The van der Waals surface area contributed by atoms with Gasteiger partial charge in [-0.2, -0.15) is 0 Å². The Kier molecular flexibility index (Phi) is 5.97. The van der Waals surface area contributed by atoms with Gasteiger partial charge in [0.25, 0.3) is 0 Å². The van der Waals surface area contributed by atoms with E-state index in [2.05, 4.69) is 53.2 Å². The van der Waals surface area contributed by atoms with Crippen molar-refractivity contribution in [3.63, 3.8) is 0 Å². The second-order valence-electron chi connectivity index (χ2n) is 4.67. The molecule has 92 valence electrons. The van der Waals surface area contributed by atoms with Crippen LogP contribution >= 0.6 is 27.3 Å². The van der Waals surface area contributed by atoms with Gasteiger partial charge in [0.15, 0.2) is 0 Å². The highest BCUT2D eigenvalue weighted by atomic mass is 79.9. The Bertz CT molecular complexity index is 312. The van der Waals surface area contributed by atoms with Gasteiger partial charge in [0, 0.05) is 27.3 Å². The maximum absolute atomic E-state index is 6.03. The van der Waals surface area contributed by atoms with Crippen LogP contribution in [0.25, 0.3) is 0 Å². The van der Waals surface area contributed by atoms with E-state index in [0.29, 0.717) is 12.0 Å². The molecule has 4 heteroatoms. The molecule has 0 saturated carbocycles. The van der Waals surface area contributed by atoms with Crippen LogP contribution in [-0.2, 0) is 6.54 Å². The Hall–Kier alpha value is 0.1000. The van der Waals surface area contributed by atoms with Crippen LogP contribution in [0.5, 0.6) is 0 Å². The van der Waals surface area contributed by atoms with E-state index in [1.807, 2.05) is 0 Å². The van der Waals surface area contributed by atoms with Crippen molar-refractivity contribution in [3.8, 4) is 0 Å². The molecule has 1 rings (SSSR count). The minimum atomic E-state index is 0.317.